The third-order valence-electron chi connectivity index (χ3n) is 4.91. The second-order valence-corrected chi connectivity index (χ2v) is 8.53. The molecule has 1 N–H and O–H groups in total. The van der Waals surface area contributed by atoms with E-state index in [1.54, 1.807) is 6.20 Å². The van der Waals surface area contributed by atoms with E-state index in [2.05, 4.69) is 32.1 Å². The molecule has 1 amide bonds. The average molecular weight is 428 g/mol. The predicted molar refractivity (Wildman–Crippen MR) is 119 cm³/mol. The number of piperazine rings is 1. The van der Waals surface area contributed by atoms with Crippen LogP contribution in [0.1, 0.15) is 15.4 Å². The molecule has 1 fully saturated rings. The summed E-state index contributed by atoms with van der Waals surface area (Å²) in [6.45, 7) is 5.82. The lowest BCUT2D eigenvalue weighted by Gasteiger charge is -2.33. The monoisotopic (exact) mass is 427 g/mol. The van der Waals surface area contributed by atoms with Gasteiger partial charge in [0.1, 0.15) is 15.7 Å². The van der Waals surface area contributed by atoms with Crippen molar-refractivity contribution < 1.29 is 4.79 Å². The lowest BCUT2D eigenvalue weighted by Crippen LogP contribution is -2.44. The predicted octanol–water partition coefficient (Wildman–Crippen LogP) is 4.17. The molecule has 4 rings (SSSR count). The van der Waals surface area contributed by atoms with Crippen LogP contribution < -0.4 is 10.2 Å². The summed E-state index contributed by atoms with van der Waals surface area (Å²) >= 11 is 7.43. The van der Waals surface area contributed by atoms with Gasteiger partial charge in [0, 0.05) is 36.8 Å². The van der Waals surface area contributed by atoms with Crippen LogP contribution in [-0.4, -0.2) is 54.0 Å². The number of pyridine rings is 1. The molecule has 3 aromatic rings. The molecule has 150 valence electrons. The zero-order chi connectivity index (χ0) is 20.4. The largest absolute Gasteiger partial charge is 0.354 e. The number of thiazole rings is 1. The van der Waals surface area contributed by atoms with Crippen molar-refractivity contribution in [2.24, 2.45) is 0 Å². The van der Waals surface area contributed by atoms with E-state index in [1.807, 2.05) is 43.3 Å². The number of likely N-dealkylation sites (N-methyl/N-ethyl adjacent to an activating group) is 1. The van der Waals surface area contributed by atoms with Crippen LogP contribution in [0.15, 0.2) is 42.6 Å². The fraction of sp³-hybridized carbons (Fsp3) is 0.286. The molecule has 0 bridgehead atoms. The van der Waals surface area contributed by atoms with Crippen LogP contribution in [0.4, 0.5) is 11.5 Å². The van der Waals surface area contributed by atoms with Gasteiger partial charge in [-0.1, -0.05) is 23.7 Å². The number of carbonyl (C=O) groups excluding carboxylic acids is 1. The van der Waals surface area contributed by atoms with E-state index in [0.717, 1.165) is 42.6 Å². The minimum Gasteiger partial charge on any atom is -0.354 e. The van der Waals surface area contributed by atoms with Gasteiger partial charge in [-0.05, 0) is 38.2 Å². The van der Waals surface area contributed by atoms with Gasteiger partial charge in [-0.25, -0.2) is 9.97 Å². The Morgan fingerprint density at radius 3 is 2.66 bits per heavy atom. The summed E-state index contributed by atoms with van der Waals surface area (Å²) in [5, 5.41) is 4.35. The summed E-state index contributed by atoms with van der Waals surface area (Å²) < 4.78 is 0. The van der Waals surface area contributed by atoms with Crippen LogP contribution in [0.3, 0.4) is 0 Å². The van der Waals surface area contributed by atoms with E-state index in [9.17, 15) is 4.79 Å². The molecule has 29 heavy (non-hydrogen) atoms. The van der Waals surface area contributed by atoms with E-state index >= 15 is 0 Å². The van der Waals surface area contributed by atoms with Crippen molar-refractivity contribution in [1.82, 2.24) is 14.9 Å². The zero-order valence-electron chi connectivity index (χ0n) is 16.4. The number of rotatable bonds is 4. The molecule has 1 aromatic carbocycles. The number of carbonyl (C=O) groups is 1. The second-order valence-electron chi connectivity index (χ2n) is 7.09. The Bertz CT molecular complexity index is 1010. The second kappa shape index (κ2) is 8.49. The fourth-order valence-corrected chi connectivity index (χ4v) is 4.37. The molecule has 2 aromatic heterocycles. The van der Waals surface area contributed by atoms with Gasteiger partial charge in [0.25, 0.3) is 5.91 Å². The molecule has 0 radical (unpaired) electrons. The van der Waals surface area contributed by atoms with Crippen LogP contribution in [0.5, 0.6) is 0 Å². The molecule has 6 nitrogen and oxygen atoms in total. The van der Waals surface area contributed by atoms with Crippen LogP contribution in [0.25, 0.3) is 10.6 Å². The first-order valence-corrected chi connectivity index (χ1v) is 10.6. The summed E-state index contributed by atoms with van der Waals surface area (Å²) in [4.78, 5) is 27.0. The van der Waals surface area contributed by atoms with Crippen molar-refractivity contribution in [3.63, 3.8) is 0 Å². The number of hydrogen-bond donors (Lipinski definition) is 1. The molecule has 1 aliphatic heterocycles. The summed E-state index contributed by atoms with van der Waals surface area (Å²) in [6, 6.07) is 11.3. The van der Waals surface area contributed by atoms with Crippen molar-refractivity contribution in [2.45, 2.75) is 6.92 Å². The highest BCUT2D eigenvalue weighted by Crippen LogP contribution is 2.30. The van der Waals surface area contributed by atoms with E-state index in [4.69, 9.17) is 11.6 Å². The number of hydrogen-bond acceptors (Lipinski definition) is 6. The normalized spacial score (nSPS) is 14.8. The summed E-state index contributed by atoms with van der Waals surface area (Å²) in [7, 11) is 2.13. The summed E-state index contributed by atoms with van der Waals surface area (Å²) in [6.07, 6.45) is 1.71. The first-order valence-electron chi connectivity index (χ1n) is 9.44. The van der Waals surface area contributed by atoms with Crippen molar-refractivity contribution in [3.05, 3.63) is 58.2 Å². The molecule has 3 heterocycles. The maximum absolute atomic E-state index is 12.8. The summed E-state index contributed by atoms with van der Waals surface area (Å²) in [5.41, 5.74) is 2.28. The van der Waals surface area contributed by atoms with Crippen LogP contribution in [0, 0.1) is 6.92 Å². The Morgan fingerprint density at radius 1 is 1.17 bits per heavy atom. The molecule has 8 heteroatoms. The first-order chi connectivity index (χ1) is 14.0. The zero-order valence-corrected chi connectivity index (χ0v) is 17.9. The number of nitrogens with zero attached hydrogens (tertiary/aromatic N) is 4. The van der Waals surface area contributed by atoms with Gasteiger partial charge < -0.3 is 15.1 Å². The Balaban J connectivity index is 1.45. The van der Waals surface area contributed by atoms with E-state index < -0.39 is 0 Å². The highest BCUT2D eigenvalue weighted by molar-refractivity contribution is 7.17. The third-order valence-corrected chi connectivity index (χ3v) is 6.35. The Labute approximate surface area is 179 Å². The van der Waals surface area contributed by atoms with Crippen molar-refractivity contribution in [2.75, 3.05) is 43.4 Å². The van der Waals surface area contributed by atoms with Gasteiger partial charge in [-0.15, -0.1) is 11.3 Å². The molecule has 0 unspecified atom stereocenters. The quantitative estimate of drug-likeness (QED) is 0.677. The van der Waals surface area contributed by atoms with Gasteiger partial charge in [0.15, 0.2) is 0 Å². The summed E-state index contributed by atoms with van der Waals surface area (Å²) in [5.74, 6) is 0.760. The highest BCUT2D eigenvalue weighted by Gasteiger charge is 2.18. The van der Waals surface area contributed by atoms with Crippen LogP contribution in [-0.2, 0) is 0 Å². The standard InChI is InChI=1S/C21H22ClN5OS/c1-14-19(29-21(24-14)15-4-3-5-16(22)12-15)20(28)25-17-6-7-18(23-13-17)27-10-8-26(2)9-11-27/h3-7,12-13H,8-11H2,1-2H3,(H,25,28). The number of benzene rings is 1. The first kappa shape index (κ1) is 19.8. The number of halogens is 1. The molecule has 0 spiro atoms. The minimum absolute atomic E-state index is 0.178. The molecule has 0 aliphatic carbocycles. The molecule has 1 aliphatic rings. The number of aryl methyl sites for hydroxylation is 1. The number of anilines is 2. The fourth-order valence-electron chi connectivity index (χ4n) is 3.22. The van der Waals surface area contributed by atoms with Crippen LogP contribution in [0.2, 0.25) is 5.02 Å². The highest BCUT2D eigenvalue weighted by atomic mass is 35.5. The Hall–Kier alpha value is -2.48. The Kier molecular flexibility index (Phi) is 5.80. The Morgan fingerprint density at radius 2 is 1.97 bits per heavy atom. The van der Waals surface area contributed by atoms with E-state index in [0.29, 0.717) is 21.3 Å². The van der Waals surface area contributed by atoms with Crippen molar-refractivity contribution in [1.29, 1.82) is 0 Å². The van der Waals surface area contributed by atoms with Crippen LogP contribution >= 0.6 is 22.9 Å². The number of nitrogens with one attached hydrogen (secondary N) is 1. The lowest BCUT2D eigenvalue weighted by atomic mass is 10.2. The smallest absolute Gasteiger partial charge is 0.267 e. The molecule has 0 atom stereocenters. The molecule has 1 saturated heterocycles. The van der Waals surface area contributed by atoms with Crippen molar-refractivity contribution >= 4 is 40.4 Å². The maximum atomic E-state index is 12.8. The van der Waals surface area contributed by atoms with Gasteiger partial charge >= 0.3 is 0 Å². The van der Waals surface area contributed by atoms with Gasteiger partial charge in [-0.3, -0.25) is 4.79 Å². The topological polar surface area (TPSA) is 61.4 Å². The SMILES string of the molecule is Cc1nc(-c2cccc(Cl)c2)sc1C(=O)Nc1ccc(N2CCN(C)CC2)nc1. The minimum atomic E-state index is -0.178. The number of amides is 1. The van der Waals surface area contributed by atoms with E-state index in [1.165, 1.54) is 11.3 Å². The maximum Gasteiger partial charge on any atom is 0.267 e. The van der Waals surface area contributed by atoms with Gasteiger partial charge in [0.05, 0.1) is 17.6 Å². The molecular weight excluding hydrogens is 406 g/mol. The van der Waals surface area contributed by atoms with Crippen molar-refractivity contribution in [3.8, 4) is 10.6 Å². The lowest BCUT2D eigenvalue weighted by molar-refractivity contribution is 0.103. The molecular formula is C21H22ClN5OS. The molecule has 0 saturated carbocycles. The van der Waals surface area contributed by atoms with E-state index in [-0.39, 0.29) is 5.91 Å². The van der Waals surface area contributed by atoms with Gasteiger partial charge in [0.2, 0.25) is 0 Å². The number of aromatic nitrogens is 2. The average Bonchev–Trinajstić information content (AvgIpc) is 3.11. The van der Waals surface area contributed by atoms with Gasteiger partial charge in [-0.2, -0.15) is 0 Å². The third kappa shape index (κ3) is 4.58.